The number of benzene rings is 1. The van der Waals surface area contributed by atoms with Crippen molar-refractivity contribution in [2.24, 2.45) is 0 Å². The van der Waals surface area contributed by atoms with Crippen LogP contribution in [0, 0.1) is 0 Å². The molecule has 106 valence electrons. The van der Waals surface area contributed by atoms with Crippen LogP contribution in [0.25, 0.3) is 0 Å². The van der Waals surface area contributed by atoms with E-state index in [2.05, 4.69) is 11.8 Å². The van der Waals surface area contributed by atoms with E-state index in [1.54, 1.807) is 13.2 Å². The van der Waals surface area contributed by atoms with E-state index in [1.165, 1.54) is 19.3 Å². The molecule has 1 saturated heterocycles. The van der Waals surface area contributed by atoms with Crippen molar-refractivity contribution in [3.8, 4) is 11.5 Å². The molecule has 1 fully saturated rings. The van der Waals surface area contributed by atoms with Gasteiger partial charge in [-0.05, 0) is 31.9 Å². The van der Waals surface area contributed by atoms with E-state index in [0.29, 0.717) is 16.8 Å². The maximum atomic E-state index is 10.2. The first-order chi connectivity index (χ1) is 9.15. The van der Waals surface area contributed by atoms with E-state index in [-0.39, 0.29) is 5.75 Å². The number of piperidine rings is 1. The predicted molar refractivity (Wildman–Crippen MR) is 78.0 cm³/mol. The normalized spacial score (nSPS) is 20.5. The maximum Gasteiger partial charge on any atom is 0.162 e. The molecule has 0 bridgehead atoms. The summed E-state index contributed by atoms with van der Waals surface area (Å²) < 4.78 is 5.16. The molecule has 4 heteroatoms. The van der Waals surface area contributed by atoms with Gasteiger partial charge in [0, 0.05) is 29.2 Å². The molecule has 1 aromatic rings. The van der Waals surface area contributed by atoms with Gasteiger partial charge in [-0.2, -0.15) is 0 Å². The summed E-state index contributed by atoms with van der Waals surface area (Å²) >= 11 is 6.08. The smallest absolute Gasteiger partial charge is 0.162 e. The van der Waals surface area contributed by atoms with E-state index < -0.39 is 0 Å². The molecule has 0 amide bonds. The van der Waals surface area contributed by atoms with Crippen LogP contribution in [-0.4, -0.2) is 29.7 Å². The first kappa shape index (κ1) is 14.5. The van der Waals surface area contributed by atoms with Crippen molar-refractivity contribution in [1.82, 2.24) is 4.90 Å². The van der Waals surface area contributed by atoms with E-state index in [9.17, 15) is 5.11 Å². The van der Waals surface area contributed by atoms with Gasteiger partial charge >= 0.3 is 0 Å². The minimum atomic E-state index is 0.215. The van der Waals surface area contributed by atoms with Gasteiger partial charge in [-0.15, -0.1) is 0 Å². The molecule has 1 heterocycles. The number of ether oxygens (including phenoxy) is 1. The number of likely N-dealkylation sites (tertiary alicyclic amines) is 1. The van der Waals surface area contributed by atoms with E-state index in [0.717, 1.165) is 25.1 Å². The fourth-order valence-corrected chi connectivity index (χ4v) is 3.08. The molecule has 2 rings (SSSR count). The summed E-state index contributed by atoms with van der Waals surface area (Å²) in [6.45, 7) is 4.05. The summed E-state index contributed by atoms with van der Waals surface area (Å²) in [7, 11) is 1.55. The summed E-state index contributed by atoms with van der Waals surface area (Å²) in [6.07, 6.45) is 4.93. The first-order valence-electron chi connectivity index (χ1n) is 6.95. The Labute approximate surface area is 120 Å². The Morgan fingerprint density at radius 2 is 2.21 bits per heavy atom. The van der Waals surface area contributed by atoms with Crippen molar-refractivity contribution in [1.29, 1.82) is 0 Å². The number of methoxy groups -OCH3 is 1. The van der Waals surface area contributed by atoms with Crippen LogP contribution in [0.3, 0.4) is 0 Å². The molecule has 1 aromatic carbocycles. The quantitative estimate of drug-likeness (QED) is 0.912. The standard InChI is InChI=1S/C15H22ClNO2/c1-3-13-6-4-5-7-17(13)10-11-8-12(16)9-14(19-2)15(11)18/h8-9,13,18H,3-7,10H2,1-2H3. The maximum absolute atomic E-state index is 10.2. The third-order valence-electron chi connectivity index (χ3n) is 3.93. The Morgan fingerprint density at radius 3 is 2.89 bits per heavy atom. The Hall–Kier alpha value is -0.930. The predicted octanol–water partition coefficient (Wildman–Crippen LogP) is 3.82. The highest BCUT2D eigenvalue weighted by Crippen LogP contribution is 2.35. The fourth-order valence-electron chi connectivity index (χ4n) is 2.85. The van der Waals surface area contributed by atoms with Crippen molar-refractivity contribution in [3.63, 3.8) is 0 Å². The molecule has 1 N–H and O–H groups in total. The fraction of sp³-hybridized carbons (Fsp3) is 0.600. The second-order valence-electron chi connectivity index (χ2n) is 5.14. The lowest BCUT2D eigenvalue weighted by Gasteiger charge is -2.35. The SMILES string of the molecule is CCC1CCCCN1Cc1cc(Cl)cc(OC)c1O. The van der Waals surface area contributed by atoms with Gasteiger partial charge in [-0.3, -0.25) is 4.90 Å². The Morgan fingerprint density at radius 1 is 1.42 bits per heavy atom. The van der Waals surface area contributed by atoms with Crippen LogP contribution in [0.1, 0.15) is 38.2 Å². The Balaban J connectivity index is 2.20. The van der Waals surface area contributed by atoms with Crippen LogP contribution in [0.2, 0.25) is 5.02 Å². The third-order valence-corrected chi connectivity index (χ3v) is 4.15. The highest BCUT2D eigenvalue weighted by molar-refractivity contribution is 6.30. The van der Waals surface area contributed by atoms with Crippen LogP contribution in [-0.2, 0) is 6.54 Å². The number of aromatic hydroxyl groups is 1. The number of phenols is 1. The molecule has 0 aromatic heterocycles. The second kappa shape index (κ2) is 6.49. The lowest BCUT2D eigenvalue weighted by Crippen LogP contribution is -2.38. The van der Waals surface area contributed by atoms with Gasteiger partial charge in [0.1, 0.15) is 0 Å². The first-order valence-corrected chi connectivity index (χ1v) is 7.33. The molecule has 1 aliphatic rings. The van der Waals surface area contributed by atoms with Gasteiger partial charge in [0.05, 0.1) is 7.11 Å². The summed E-state index contributed by atoms with van der Waals surface area (Å²) in [6, 6.07) is 4.09. The summed E-state index contributed by atoms with van der Waals surface area (Å²) in [5, 5.41) is 10.8. The number of hydrogen-bond donors (Lipinski definition) is 1. The number of rotatable bonds is 4. The summed E-state index contributed by atoms with van der Waals surface area (Å²) in [5.74, 6) is 0.667. The van der Waals surface area contributed by atoms with Crippen LogP contribution < -0.4 is 4.74 Å². The lowest BCUT2D eigenvalue weighted by molar-refractivity contribution is 0.134. The molecule has 0 saturated carbocycles. The Kier molecular flexibility index (Phi) is 4.94. The van der Waals surface area contributed by atoms with Crippen LogP contribution in [0.15, 0.2) is 12.1 Å². The van der Waals surface area contributed by atoms with E-state index in [1.807, 2.05) is 6.07 Å². The zero-order valence-electron chi connectivity index (χ0n) is 11.7. The monoisotopic (exact) mass is 283 g/mol. The summed E-state index contributed by atoms with van der Waals surface area (Å²) in [4.78, 5) is 2.44. The molecule has 19 heavy (non-hydrogen) atoms. The Bertz CT molecular complexity index is 436. The van der Waals surface area contributed by atoms with E-state index in [4.69, 9.17) is 16.3 Å². The average molecular weight is 284 g/mol. The van der Waals surface area contributed by atoms with Crippen molar-refractivity contribution in [2.75, 3.05) is 13.7 Å². The molecule has 1 atom stereocenters. The van der Waals surface area contributed by atoms with Crippen molar-refractivity contribution in [2.45, 2.75) is 45.2 Å². The topological polar surface area (TPSA) is 32.7 Å². The molecule has 1 aliphatic heterocycles. The zero-order valence-corrected chi connectivity index (χ0v) is 12.4. The number of hydrogen-bond acceptors (Lipinski definition) is 3. The van der Waals surface area contributed by atoms with Crippen LogP contribution in [0.5, 0.6) is 11.5 Å². The molecule has 0 spiro atoms. The minimum Gasteiger partial charge on any atom is -0.504 e. The van der Waals surface area contributed by atoms with Crippen molar-refractivity contribution >= 4 is 11.6 Å². The third kappa shape index (κ3) is 3.34. The molecular weight excluding hydrogens is 262 g/mol. The number of phenolic OH excluding ortho intramolecular Hbond substituents is 1. The zero-order chi connectivity index (χ0) is 13.8. The van der Waals surface area contributed by atoms with Crippen LogP contribution >= 0.6 is 11.6 Å². The molecule has 0 aliphatic carbocycles. The molecular formula is C15H22ClNO2. The highest BCUT2D eigenvalue weighted by Gasteiger charge is 2.22. The second-order valence-corrected chi connectivity index (χ2v) is 5.58. The summed E-state index contributed by atoms with van der Waals surface area (Å²) in [5.41, 5.74) is 0.852. The van der Waals surface area contributed by atoms with Gasteiger partial charge in [0.2, 0.25) is 0 Å². The highest BCUT2D eigenvalue weighted by atomic mass is 35.5. The van der Waals surface area contributed by atoms with Crippen molar-refractivity contribution in [3.05, 3.63) is 22.7 Å². The van der Waals surface area contributed by atoms with Crippen LogP contribution in [0.4, 0.5) is 0 Å². The number of nitrogens with zero attached hydrogens (tertiary/aromatic N) is 1. The van der Waals surface area contributed by atoms with Gasteiger partial charge in [0.15, 0.2) is 11.5 Å². The van der Waals surface area contributed by atoms with Gasteiger partial charge in [-0.1, -0.05) is 24.9 Å². The number of halogens is 1. The largest absolute Gasteiger partial charge is 0.504 e. The van der Waals surface area contributed by atoms with Crippen molar-refractivity contribution < 1.29 is 9.84 Å². The lowest BCUT2D eigenvalue weighted by atomic mass is 9.99. The average Bonchev–Trinajstić information content (AvgIpc) is 2.43. The van der Waals surface area contributed by atoms with Gasteiger partial charge < -0.3 is 9.84 Å². The molecule has 0 radical (unpaired) electrons. The van der Waals surface area contributed by atoms with E-state index >= 15 is 0 Å². The minimum absolute atomic E-state index is 0.215. The van der Waals surface area contributed by atoms with Gasteiger partial charge in [0.25, 0.3) is 0 Å². The molecule has 3 nitrogen and oxygen atoms in total. The molecule has 1 unspecified atom stereocenters. The van der Waals surface area contributed by atoms with Gasteiger partial charge in [-0.25, -0.2) is 0 Å².